The summed E-state index contributed by atoms with van der Waals surface area (Å²) in [5.74, 6) is 0.196. The van der Waals surface area contributed by atoms with Gasteiger partial charge in [-0.2, -0.15) is 0 Å². The highest BCUT2D eigenvalue weighted by molar-refractivity contribution is 6.08. The molecule has 0 saturated carbocycles. The minimum Gasteiger partial charge on any atom is -0.369 e. The minimum atomic E-state index is 0.0294. The van der Waals surface area contributed by atoms with Crippen LogP contribution in [0.5, 0.6) is 0 Å². The lowest BCUT2D eigenvalue weighted by Gasteiger charge is -2.13. The van der Waals surface area contributed by atoms with E-state index in [0.29, 0.717) is 12.4 Å². The Morgan fingerprint density at radius 2 is 2.40 bits per heavy atom. The van der Waals surface area contributed by atoms with Crippen LogP contribution >= 0.6 is 0 Å². The Morgan fingerprint density at radius 3 is 2.93 bits per heavy atom. The van der Waals surface area contributed by atoms with E-state index in [1.54, 1.807) is 0 Å². The van der Waals surface area contributed by atoms with Crippen molar-refractivity contribution in [2.45, 2.75) is 45.2 Å². The first-order chi connectivity index (χ1) is 7.13. The van der Waals surface area contributed by atoms with E-state index < -0.39 is 0 Å². The smallest absolute Gasteiger partial charge is 0.161 e. The van der Waals surface area contributed by atoms with Gasteiger partial charge in [0.15, 0.2) is 5.78 Å². The number of hydrogen-bond donors (Lipinski definition) is 1. The van der Waals surface area contributed by atoms with E-state index in [-0.39, 0.29) is 24.4 Å². The van der Waals surface area contributed by atoms with Gasteiger partial charge >= 0.3 is 0 Å². The van der Waals surface area contributed by atoms with Crippen LogP contribution in [-0.4, -0.2) is 38.9 Å². The summed E-state index contributed by atoms with van der Waals surface area (Å²) >= 11 is 0. The Hall–Kier alpha value is -0.345. The van der Waals surface area contributed by atoms with Crippen LogP contribution in [0.3, 0.4) is 0 Å². The van der Waals surface area contributed by atoms with Gasteiger partial charge in [0.25, 0.3) is 0 Å². The fourth-order valence-electron chi connectivity index (χ4n) is 1.77. The van der Waals surface area contributed by atoms with E-state index in [1.807, 2.05) is 6.92 Å². The molecule has 1 saturated heterocycles. The summed E-state index contributed by atoms with van der Waals surface area (Å²) in [7, 11) is 5.40. The van der Waals surface area contributed by atoms with Crippen molar-refractivity contribution in [2.75, 3.05) is 13.2 Å². The Bertz CT molecular complexity index is 211. The number of hydrogen-bond acceptors (Lipinski definition) is 3. The van der Waals surface area contributed by atoms with Crippen molar-refractivity contribution in [1.82, 2.24) is 5.32 Å². The molecule has 3 unspecified atom stereocenters. The van der Waals surface area contributed by atoms with E-state index in [0.717, 1.165) is 19.4 Å². The Balaban J connectivity index is 2.16. The highest BCUT2D eigenvalue weighted by Crippen LogP contribution is 2.11. The normalized spacial score (nSPS) is 27.9. The van der Waals surface area contributed by atoms with Crippen molar-refractivity contribution < 1.29 is 9.53 Å². The zero-order chi connectivity index (χ0) is 11.3. The van der Waals surface area contributed by atoms with Crippen LogP contribution < -0.4 is 5.32 Å². The van der Waals surface area contributed by atoms with Crippen LogP contribution in [-0.2, 0) is 9.53 Å². The molecule has 1 aliphatic rings. The number of carbonyl (C=O) groups excluding carboxylic acids is 1. The SMILES string of the molecule is [B]CCC(C)C(=O)COC1CNC(C)C1. The molecule has 0 aliphatic carbocycles. The number of carbonyl (C=O) groups is 1. The highest BCUT2D eigenvalue weighted by Gasteiger charge is 2.22. The van der Waals surface area contributed by atoms with Crippen molar-refractivity contribution in [1.29, 1.82) is 0 Å². The summed E-state index contributed by atoms with van der Waals surface area (Å²) in [6, 6.07) is 0.506. The van der Waals surface area contributed by atoms with Crippen LogP contribution in [0, 0.1) is 5.92 Å². The van der Waals surface area contributed by atoms with E-state index >= 15 is 0 Å². The summed E-state index contributed by atoms with van der Waals surface area (Å²) in [6.07, 6.45) is 2.52. The minimum absolute atomic E-state index is 0.0294. The molecule has 1 heterocycles. The van der Waals surface area contributed by atoms with Gasteiger partial charge < -0.3 is 10.1 Å². The van der Waals surface area contributed by atoms with Gasteiger partial charge in [-0.05, 0) is 13.3 Å². The number of rotatable bonds is 6. The van der Waals surface area contributed by atoms with Crippen molar-refractivity contribution in [3.63, 3.8) is 0 Å². The summed E-state index contributed by atoms with van der Waals surface area (Å²) in [5, 5.41) is 3.29. The molecule has 3 nitrogen and oxygen atoms in total. The van der Waals surface area contributed by atoms with Gasteiger partial charge in [0.2, 0.25) is 0 Å². The molecule has 4 heteroatoms. The molecular weight excluding hydrogens is 189 g/mol. The van der Waals surface area contributed by atoms with Crippen LogP contribution in [0.4, 0.5) is 0 Å². The quantitative estimate of drug-likeness (QED) is 0.661. The van der Waals surface area contributed by atoms with Crippen molar-refractivity contribution in [3.8, 4) is 0 Å². The largest absolute Gasteiger partial charge is 0.369 e. The molecule has 0 aromatic heterocycles. The molecule has 15 heavy (non-hydrogen) atoms. The summed E-state index contributed by atoms with van der Waals surface area (Å²) in [6.45, 7) is 5.14. The summed E-state index contributed by atoms with van der Waals surface area (Å²) < 4.78 is 5.55. The molecule has 1 N–H and O–H groups in total. The van der Waals surface area contributed by atoms with Gasteiger partial charge in [0, 0.05) is 18.5 Å². The Labute approximate surface area is 93.4 Å². The Kier molecular flexibility index (Phi) is 5.33. The molecule has 1 aliphatic heterocycles. The molecule has 1 fully saturated rings. The first-order valence-corrected chi connectivity index (χ1v) is 5.71. The van der Waals surface area contributed by atoms with Crippen LogP contribution in [0.2, 0.25) is 6.32 Å². The topological polar surface area (TPSA) is 38.3 Å². The van der Waals surface area contributed by atoms with Gasteiger partial charge in [-0.3, -0.25) is 4.79 Å². The molecular formula is C11H20BNO2. The van der Waals surface area contributed by atoms with Crippen molar-refractivity contribution >= 4 is 13.6 Å². The van der Waals surface area contributed by atoms with Crippen LogP contribution in [0.25, 0.3) is 0 Å². The van der Waals surface area contributed by atoms with Gasteiger partial charge in [-0.1, -0.05) is 19.7 Å². The number of ketones is 1. The lowest BCUT2D eigenvalue weighted by atomic mass is 9.92. The first kappa shape index (κ1) is 12.7. The lowest BCUT2D eigenvalue weighted by Crippen LogP contribution is -2.24. The van der Waals surface area contributed by atoms with Gasteiger partial charge in [0.1, 0.15) is 6.61 Å². The van der Waals surface area contributed by atoms with E-state index in [2.05, 4.69) is 12.2 Å². The van der Waals surface area contributed by atoms with E-state index in [1.165, 1.54) is 0 Å². The molecule has 3 atom stereocenters. The van der Waals surface area contributed by atoms with Crippen molar-refractivity contribution in [2.24, 2.45) is 5.92 Å². The first-order valence-electron chi connectivity index (χ1n) is 5.71. The molecule has 0 aromatic carbocycles. The molecule has 0 spiro atoms. The zero-order valence-corrected chi connectivity index (χ0v) is 9.66. The predicted molar refractivity (Wildman–Crippen MR) is 61.2 cm³/mol. The highest BCUT2D eigenvalue weighted by atomic mass is 16.5. The maximum Gasteiger partial charge on any atom is 0.161 e. The van der Waals surface area contributed by atoms with E-state index in [4.69, 9.17) is 12.6 Å². The monoisotopic (exact) mass is 209 g/mol. The van der Waals surface area contributed by atoms with Gasteiger partial charge in [0.05, 0.1) is 14.0 Å². The number of nitrogens with one attached hydrogen (secondary N) is 1. The third kappa shape index (κ3) is 4.35. The Morgan fingerprint density at radius 1 is 1.67 bits per heavy atom. The summed E-state index contributed by atoms with van der Waals surface area (Å²) in [4.78, 5) is 11.6. The third-order valence-electron chi connectivity index (χ3n) is 2.92. The second-order valence-corrected chi connectivity index (χ2v) is 4.42. The fourth-order valence-corrected chi connectivity index (χ4v) is 1.77. The predicted octanol–water partition coefficient (Wildman–Crippen LogP) is 0.935. The maximum absolute atomic E-state index is 11.6. The van der Waals surface area contributed by atoms with Crippen LogP contribution in [0.1, 0.15) is 26.7 Å². The van der Waals surface area contributed by atoms with Gasteiger partial charge in [-0.15, -0.1) is 0 Å². The third-order valence-corrected chi connectivity index (χ3v) is 2.92. The zero-order valence-electron chi connectivity index (χ0n) is 9.66. The molecule has 1 rings (SSSR count). The molecule has 0 bridgehead atoms. The average Bonchev–Trinajstić information content (AvgIpc) is 2.61. The number of Topliss-reactive ketones (excluding diaryl/α,β-unsaturated/α-hetero) is 1. The number of ether oxygens (including phenoxy) is 1. The average molecular weight is 209 g/mol. The van der Waals surface area contributed by atoms with Gasteiger partial charge in [-0.25, -0.2) is 0 Å². The standard InChI is InChI=1S/C11H20BNO2/c1-8(3-4-12)11(14)7-15-10-5-9(2)13-6-10/h8-10,13H,3-7H2,1-2H3. The molecule has 2 radical (unpaired) electrons. The molecule has 0 aromatic rings. The second-order valence-electron chi connectivity index (χ2n) is 4.42. The van der Waals surface area contributed by atoms with Crippen LogP contribution in [0.15, 0.2) is 0 Å². The lowest BCUT2D eigenvalue weighted by molar-refractivity contribution is -0.128. The summed E-state index contributed by atoms with van der Waals surface area (Å²) in [5.41, 5.74) is 0. The second kappa shape index (κ2) is 6.28. The molecule has 0 amide bonds. The van der Waals surface area contributed by atoms with Crippen molar-refractivity contribution in [3.05, 3.63) is 0 Å². The maximum atomic E-state index is 11.6. The molecule has 84 valence electrons. The van der Waals surface area contributed by atoms with E-state index in [9.17, 15) is 4.79 Å². The fraction of sp³-hybridized carbons (Fsp3) is 0.909.